The second-order valence-corrected chi connectivity index (χ2v) is 6.32. The van der Waals surface area contributed by atoms with Gasteiger partial charge in [-0.05, 0) is 12.8 Å². The first kappa shape index (κ1) is 14.4. The standard InChI is InChI=1S/C10H19NO5S/c1-16-9(12)4-7-17(14,15)11-8-10(13)5-2-3-6-10/h11,13H,2-8H2,1H3. The lowest BCUT2D eigenvalue weighted by atomic mass is 10.0. The third-order valence-electron chi connectivity index (χ3n) is 2.96. The number of hydrogen-bond donors (Lipinski definition) is 2. The smallest absolute Gasteiger partial charge is 0.306 e. The fraction of sp³-hybridized carbons (Fsp3) is 0.900. The molecule has 100 valence electrons. The highest BCUT2D eigenvalue weighted by atomic mass is 32.2. The first-order valence-electron chi connectivity index (χ1n) is 5.63. The normalized spacial score (nSPS) is 19.2. The molecule has 1 aliphatic rings. The van der Waals surface area contributed by atoms with Gasteiger partial charge in [0.15, 0.2) is 0 Å². The zero-order valence-electron chi connectivity index (χ0n) is 9.94. The van der Waals surface area contributed by atoms with Gasteiger partial charge in [0.1, 0.15) is 0 Å². The van der Waals surface area contributed by atoms with Crippen molar-refractivity contribution in [1.29, 1.82) is 0 Å². The highest BCUT2D eigenvalue weighted by molar-refractivity contribution is 7.89. The summed E-state index contributed by atoms with van der Waals surface area (Å²) in [5.41, 5.74) is -0.918. The number of carbonyl (C=O) groups is 1. The fourth-order valence-corrected chi connectivity index (χ4v) is 2.91. The molecule has 0 unspecified atom stereocenters. The SMILES string of the molecule is COC(=O)CCS(=O)(=O)NCC1(O)CCCC1. The van der Waals surface area contributed by atoms with Crippen molar-refractivity contribution in [2.45, 2.75) is 37.7 Å². The summed E-state index contributed by atoms with van der Waals surface area (Å²) in [4.78, 5) is 10.8. The molecule has 6 nitrogen and oxygen atoms in total. The van der Waals surface area contributed by atoms with Gasteiger partial charge in [0, 0.05) is 6.54 Å². The van der Waals surface area contributed by atoms with Crippen molar-refractivity contribution < 1.29 is 23.1 Å². The summed E-state index contributed by atoms with van der Waals surface area (Å²) in [5, 5.41) is 9.96. The van der Waals surface area contributed by atoms with Gasteiger partial charge in [-0.3, -0.25) is 4.79 Å². The molecule has 0 aliphatic heterocycles. The van der Waals surface area contributed by atoms with Crippen LogP contribution < -0.4 is 4.72 Å². The Morgan fingerprint density at radius 2 is 2.00 bits per heavy atom. The van der Waals surface area contributed by atoms with Crippen LogP contribution in [-0.4, -0.2) is 44.5 Å². The van der Waals surface area contributed by atoms with E-state index in [1.807, 2.05) is 0 Å². The fourth-order valence-electron chi connectivity index (χ4n) is 1.85. The van der Waals surface area contributed by atoms with Gasteiger partial charge < -0.3 is 9.84 Å². The first-order chi connectivity index (χ1) is 7.87. The third-order valence-corrected chi connectivity index (χ3v) is 4.28. The minimum Gasteiger partial charge on any atom is -0.469 e. The van der Waals surface area contributed by atoms with Crippen LogP contribution in [-0.2, 0) is 19.6 Å². The van der Waals surface area contributed by atoms with Crippen LogP contribution in [0.3, 0.4) is 0 Å². The van der Waals surface area contributed by atoms with Crippen LogP contribution in [0, 0.1) is 0 Å². The summed E-state index contributed by atoms with van der Waals surface area (Å²) in [6, 6.07) is 0. The molecule has 0 aromatic heterocycles. The summed E-state index contributed by atoms with van der Waals surface area (Å²) in [5.74, 6) is -0.870. The molecule has 17 heavy (non-hydrogen) atoms. The summed E-state index contributed by atoms with van der Waals surface area (Å²) < 4.78 is 29.7. The Morgan fingerprint density at radius 1 is 1.41 bits per heavy atom. The molecule has 2 N–H and O–H groups in total. The molecule has 0 aromatic rings. The molecule has 1 aliphatic carbocycles. The van der Waals surface area contributed by atoms with E-state index in [9.17, 15) is 18.3 Å². The largest absolute Gasteiger partial charge is 0.469 e. The summed E-state index contributed by atoms with van der Waals surface area (Å²) in [6.45, 7) is 0.0243. The molecule has 0 saturated heterocycles. The number of aliphatic hydroxyl groups is 1. The predicted octanol–water partition coefficient (Wildman–Crippen LogP) is -0.226. The van der Waals surface area contributed by atoms with E-state index >= 15 is 0 Å². The Balaban J connectivity index is 2.36. The van der Waals surface area contributed by atoms with E-state index in [0.717, 1.165) is 12.8 Å². The molecule has 0 spiro atoms. The van der Waals surface area contributed by atoms with Crippen molar-refractivity contribution in [3.8, 4) is 0 Å². The number of ether oxygens (including phenoxy) is 1. The van der Waals surface area contributed by atoms with Gasteiger partial charge in [0.2, 0.25) is 10.0 Å². The number of nitrogens with one attached hydrogen (secondary N) is 1. The van der Waals surface area contributed by atoms with Crippen LogP contribution >= 0.6 is 0 Å². The Labute approximate surface area is 101 Å². The molecule has 0 bridgehead atoms. The molecule has 1 rings (SSSR count). The number of hydrogen-bond acceptors (Lipinski definition) is 5. The number of sulfonamides is 1. The second-order valence-electron chi connectivity index (χ2n) is 4.40. The van der Waals surface area contributed by atoms with Gasteiger partial charge in [-0.15, -0.1) is 0 Å². The zero-order chi connectivity index (χ0) is 12.9. The van der Waals surface area contributed by atoms with Gasteiger partial charge in [-0.25, -0.2) is 13.1 Å². The highest BCUT2D eigenvalue weighted by Gasteiger charge is 2.32. The van der Waals surface area contributed by atoms with Crippen molar-refractivity contribution in [2.75, 3.05) is 19.4 Å². The van der Waals surface area contributed by atoms with Crippen molar-refractivity contribution in [3.05, 3.63) is 0 Å². The van der Waals surface area contributed by atoms with Crippen molar-refractivity contribution in [2.24, 2.45) is 0 Å². The van der Waals surface area contributed by atoms with Gasteiger partial charge in [0.05, 0.1) is 24.9 Å². The van der Waals surface area contributed by atoms with E-state index in [2.05, 4.69) is 9.46 Å². The maximum Gasteiger partial charge on any atom is 0.306 e. The van der Waals surface area contributed by atoms with E-state index in [1.165, 1.54) is 7.11 Å². The molecular weight excluding hydrogens is 246 g/mol. The topological polar surface area (TPSA) is 92.7 Å². The third kappa shape index (κ3) is 5.01. The molecule has 0 radical (unpaired) electrons. The molecular formula is C10H19NO5S. The maximum atomic E-state index is 11.5. The number of rotatable bonds is 6. The van der Waals surface area contributed by atoms with Crippen LogP contribution in [0.25, 0.3) is 0 Å². The van der Waals surface area contributed by atoms with E-state index < -0.39 is 21.6 Å². The van der Waals surface area contributed by atoms with Crippen LogP contribution in [0.4, 0.5) is 0 Å². The molecule has 0 amide bonds. The Morgan fingerprint density at radius 3 is 2.53 bits per heavy atom. The number of esters is 1. The Bertz CT molecular complexity index is 359. The molecule has 0 aromatic carbocycles. The van der Waals surface area contributed by atoms with Crippen LogP contribution in [0.2, 0.25) is 0 Å². The quantitative estimate of drug-likeness (QED) is 0.647. The van der Waals surface area contributed by atoms with E-state index in [4.69, 9.17) is 0 Å². The van der Waals surface area contributed by atoms with E-state index in [0.29, 0.717) is 12.8 Å². The first-order valence-corrected chi connectivity index (χ1v) is 7.29. The summed E-state index contributed by atoms with van der Waals surface area (Å²) in [6.07, 6.45) is 2.89. The van der Waals surface area contributed by atoms with Crippen LogP contribution in [0.15, 0.2) is 0 Å². The lowest BCUT2D eigenvalue weighted by Crippen LogP contribution is -2.41. The van der Waals surface area contributed by atoms with Gasteiger partial charge in [-0.1, -0.05) is 12.8 Å². The minimum atomic E-state index is -3.52. The number of methoxy groups -OCH3 is 1. The van der Waals surface area contributed by atoms with Gasteiger partial charge in [0.25, 0.3) is 0 Å². The Hall–Kier alpha value is -0.660. The van der Waals surface area contributed by atoms with Crippen molar-refractivity contribution in [3.63, 3.8) is 0 Å². The van der Waals surface area contributed by atoms with Crippen molar-refractivity contribution >= 4 is 16.0 Å². The average Bonchev–Trinajstić information content (AvgIpc) is 2.71. The molecule has 1 fully saturated rings. The summed E-state index contributed by atoms with van der Waals surface area (Å²) >= 11 is 0. The zero-order valence-corrected chi connectivity index (χ0v) is 10.8. The van der Waals surface area contributed by atoms with Crippen LogP contribution in [0.5, 0.6) is 0 Å². The molecule has 0 atom stereocenters. The lowest BCUT2D eigenvalue weighted by molar-refractivity contribution is -0.140. The average molecular weight is 265 g/mol. The predicted molar refractivity (Wildman–Crippen MR) is 61.8 cm³/mol. The summed E-state index contributed by atoms with van der Waals surface area (Å²) in [7, 11) is -2.31. The van der Waals surface area contributed by atoms with Crippen LogP contribution in [0.1, 0.15) is 32.1 Å². The highest BCUT2D eigenvalue weighted by Crippen LogP contribution is 2.28. The second kappa shape index (κ2) is 5.79. The molecule has 1 saturated carbocycles. The van der Waals surface area contributed by atoms with Gasteiger partial charge >= 0.3 is 5.97 Å². The molecule has 7 heteroatoms. The monoisotopic (exact) mass is 265 g/mol. The van der Waals surface area contributed by atoms with Gasteiger partial charge in [-0.2, -0.15) is 0 Å². The lowest BCUT2D eigenvalue weighted by Gasteiger charge is -2.22. The number of carbonyl (C=O) groups excluding carboxylic acids is 1. The van der Waals surface area contributed by atoms with E-state index in [-0.39, 0.29) is 18.7 Å². The van der Waals surface area contributed by atoms with Crippen molar-refractivity contribution in [1.82, 2.24) is 4.72 Å². The Kier molecular flexibility index (Phi) is 4.91. The maximum absolute atomic E-state index is 11.5. The minimum absolute atomic E-state index is 0.0243. The van der Waals surface area contributed by atoms with E-state index in [1.54, 1.807) is 0 Å². The molecule has 0 heterocycles.